The minimum atomic E-state index is -2.98. The first-order valence-electron chi connectivity index (χ1n) is 6.32. The molecule has 0 aliphatic carbocycles. The fourth-order valence-electron chi connectivity index (χ4n) is 2.49. The second-order valence-corrected chi connectivity index (χ2v) is 8.24. The highest BCUT2D eigenvalue weighted by molar-refractivity contribution is 7.91. The molecular formula is C12H13N3O4S2. The smallest absolute Gasteiger partial charge is 0.346 e. The number of thiophene rings is 1. The number of sulfone groups is 1. The van der Waals surface area contributed by atoms with Crippen LogP contribution in [-0.4, -0.2) is 47.0 Å². The molecule has 2 aromatic heterocycles. The molecule has 0 aromatic carbocycles. The SMILES string of the molecule is Cc1c(C(=O)O)sc2ncnc(NC3CCS(=O)(=O)C3)c12. The molecule has 1 aliphatic heterocycles. The molecule has 9 heteroatoms. The molecule has 3 heterocycles. The van der Waals surface area contributed by atoms with Gasteiger partial charge in [0.05, 0.1) is 16.9 Å². The lowest BCUT2D eigenvalue weighted by Gasteiger charge is -2.12. The Balaban J connectivity index is 2.01. The van der Waals surface area contributed by atoms with Gasteiger partial charge in [-0.1, -0.05) is 0 Å². The summed E-state index contributed by atoms with van der Waals surface area (Å²) in [5.41, 5.74) is 0.603. The molecule has 1 atom stereocenters. The third-order valence-electron chi connectivity index (χ3n) is 3.49. The standard InChI is InChI=1S/C12H13N3O4S2/c1-6-8-10(15-7-2-3-21(18,19)4-7)13-5-14-11(8)20-9(6)12(16)17/h5,7H,2-4H2,1H3,(H,16,17)(H,13,14,15). The number of hydrogen-bond donors (Lipinski definition) is 2. The number of carbonyl (C=O) groups is 1. The molecule has 21 heavy (non-hydrogen) atoms. The summed E-state index contributed by atoms with van der Waals surface area (Å²) in [5.74, 6) is -0.247. The van der Waals surface area contributed by atoms with E-state index in [1.54, 1.807) is 6.92 Å². The summed E-state index contributed by atoms with van der Waals surface area (Å²) in [5, 5.41) is 12.9. The molecule has 3 rings (SSSR count). The number of nitrogens with zero attached hydrogens (tertiary/aromatic N) is 2. The van der Waals surface area contributed by atoms with Gasteiger partial charge in [-0.3, -0.25) is 0 Å². The highest BCUT2D eigenvalue weighted by atomic mass is 32.2. The lowest BCUT2D eigenvalue weighted by atomic mass is 10.2. The molecule has 2 aromatic rings. The fraction of sp³-hybridized carbons (Fsp3) is 0.417. The average molecular weight is 327 g/mol. The van der Waals surface area contributed by atoms with Gasteiger partial charge >= 0.3 is 5.97 Å². The first kappa shape index (κ1) is 14.2. The summed E-state index contributed by atoms with van der Waals surface area (Å²) in [7, 11) is -2.98. The van der Waals surface area contributed by atoms with Crippen molar-refractivity contribution in [3.05, 3.63) is 16.8 Å². The predicted octanol–water partition coefficient (Wildman–Crippen LogP) is 1.30. The van der Waals surface area contributed by atoms with Crippen molar-refractivity contribution in [2.45, 2.75) is 19.4 Å². The van der Waals surface area contributed by atoms with Crippen molar-refractivity contribution < 1.29 is 18.3 Å². The monoisotopic (exact) mass is 327 g/mol. The molecule has 1 fully saturated rings. The molecule has 0 bridgehead atoms. The molecular weight excluding hydrogens is 314 g/mol. The highest BCUT2D eigenvalue weighted by Crippen LogP contribution is 2.33. The van der Waals surface area contributed by atoms with Crippen LogP contribution in [0.3, 0.4) is 0 Å². The van der Waals surface area contributed by atoms with Gasteiger partial charge in [-0.25, -0.2) is 23.2 Å². The number of aromatic nitrogens is 2. The summed E-state index contributed by atoms with van der Waals surface area (Å²) in [6.07, 6.45) is 1.89. The predicted molar refractivity (Wildman–Crippen MR) is 79.8 cm³/mol. The Morgan fingerprint density at radius 2 is 2.24 bits per heavy atom. The normalized spacial score (nSPS) is 20.7. The van der Waals surface area contributed by atoms with Crippen LogP contribution in [-0.2, 0) is 9.84 Å². The maximum Gasteiger partial charge on any atom is 0.346 e. The quantitative estimate of drug-likeness (QED) is 0.874. The van der Waals surface area contributed by atoms with Gasteiger partial charge < -0.3 is 10.4 Å². The summed E-state index contributed by atoms with van der Waals surface area (Å²) >= 11 is 1.09. The van der Waals surface area contributed by atoms with Crippen molar-refractivity contribution >= 4 is 43.2 Å². The van der Waals surface area contributed by atoms with Crippen LogP contribution in [0.5, 0.6) is 0 Å². The van der Waals surface area contributed by atoms with Crippen LogP contribution in [0, 0.1) is 6.92 Å². The number of carboxylic acids is 1. The molecule has 7 nitrogen and oxygen atoms in total. The number of fused-ring (bicyclic) bond motifs is 1. The van der Waals surface area contributed by atoms with Gasteiger partial charge in [-0.05, 0) is 18.9 Å². The van der Waals surface area contributed by atoms with E-state index in [0.717, 1.165) is 11.3 Å². The summed E-state index contributed by atoms with van der Waals surface area (Å²) in [4.78, 5) is 20.3. The summed E-state index contributed by atoms with van der Waals surface area (Å²) < 4.78 is 23.0. The van der Waals surface area contributed by atoms with Gasteiger partial charge in [0, 0.05) is 6.04 Å². The van der Waals surface area contributed by atoms with Crippen molar-refractivity contribution in [3.8, 4) is 0 Å². The van der Waals surface area contributed by atoms with Gasteiger partial charge in [0.1, 0.15) is 21.9 Å². The highest BCUT2D eigenvalue weighted by Gasteiger charge is 2.29. The Hall–Kier alpha value is -1.74. The number of aryl methyl sites for hydroxylation is 1. The zero-order chi connectivity index (χ0) is 15.2. The van der Waals surface area contributed by atoms with Crippen molar-refractivity contribution in [2.24, 2.45) is 0 Å². The van der Waals surface area contributed by atoms with E-state index in [9.17, 15) is 18.3 Å². The Morgan fingerprint density at radius 3 is 2.86 bits per heavy atom. The molecule has 0 saturated carbocycles. The van der Waals surface area contributed by atoms with Gasteiger partial charge in [-0.15, -0.1) is 11.3 Å². The maximum atomic E-state index is 11.5. The number of anilines is 1. The number of aromatic carboxylic acids is 1. The third-order valence-corrected chi connectivity index (χ3v) is 6.45. The zero-order valence-corrected chi connectivity index (χ0v) is 12.8. The lowest BCUT2D eigenvalue weighted by Crippen LogP contribution is -2.21. The van der Waals surface area contributed by atoms with E-state index in [-0.39, 0.29) is 22.4 Å². The Bertz CT molecular complexity index is 828. The number of nitrogens with one attached hydrogen (secondary N) is 1. The van der Waals surface area contributed by atoms with Crippen molar-refractivity contribution in [1.29, 1.82) is 0 Å². The van der Waals surface area contributed by atoms with E-state index >= 15 is 0 Å². The van der Waals surface area contributed by atoms with Crippen LogP contribution in [0.15, 0.2) is 6.33 Å². The van der Waals surface area contributed by atoms with Gasteiger partial charge in [0.2, 0.25) is 0 Å². The minimum Gasteiger partial charge on any atom is -0.477 e. The van der Waals surface area contributed by atoms with E-state index in [2.05, 4.69) is 15.3 Å². The van der Waals surface area contributed by atoms with E-state index in [1.165, 1.54) is 6.33 Å². The first-order valence-corrected chi connectivity index (χ1v) is 8.95. The Labute approximate surface area is 125 Å². The zero-order valence-electron chi connectivity index (χ0n) is 11.2. The largest absolute Gasteiger partial charge is 0.477 e. The molecule has 0 spiro atoms. The number of rotatable bonds is 3. The second-order valence-electron chi connectivity index (χ2n) is 5.01. The molecule has 1 aliphatic rings. The molecule has 2 N–H and O–H groups in total. The first-order chi connectivity index (χ1) is 9.87. The lowest BCUT2D eigenvalue weighted by molar-refractivity contribution is 0.0701. The van der Waals surface area contributed by atoms with Gasteiger partial charge in [-0.2, -0.15) is 0 Å². The molecule has 1 saturated heterocycles. The summed E-state index contributed by atoms with van der Waals surface area (Å²) in [6.45, 7) is 1.71. The minimum absolute atomic E-state index is 0.0769. The van der Waals surface area contributed by atoms with Gasteiger partial charge in [0.15, 0.2) is 9.84 Å². The Kier molecular flexibility index (Phi) is 3.33. The van der Waals surface area contributed by atoms with Crippen LogP contribution in [0.2, 0.25) is 0 Å². The van der Waals surface area contributed by atoms with Crippen LogP contribution in [0.4, 0.5) is 5.82 Å². The van der Waals surface area contributed by atoms with Gasteiger partial charge in [0.25, 0.3) is 0 Å². The topological polar surface area (TPSA) is 109 Å². The fourth-order valence-corrected chi connectivity index (χ4v) is 5.15. The second kappa shape index (κ2) is 4.92. The van der Waals surface area contributed by atoms with Crippen LogP contribution in [0.1, 0.15) is 21.7 Å². The van der Waals surface area contributed by atoms with Crippen LogP contribution in [0.25, 0.3) is 10.2 Å². The van der Waals surface area contributed by atoms with Crippen molar-refractivity contribution in [1.82, 2.24) is 9.97 Å². The van der Waals surface area contributed by atoms with Crippen LogP contribution < -0.4 is 5.32 Å². The van der Waals surface area contributed by atoms with E-state index in [4.69, 9.17) is 0 Å². The average Bonchev–Trinajstić information content (AvgIpc) is 2.91. The van der Waals surface area contributed by atoms with Crippen LogP contribution >= 0.6 is 11.3 Å². The number of hydrogen-bond acceptors (Lipinski definition) is 7. The van der Waals surface area contributed by atoms with E-state index in [1.807, 2.05) is 0 Å². The van der Waals surface area contributed by atoms with E-state index in [0.29, 0.717) is 28.0 Å². The number of carboxylic acid groups (broad SMARTS) is 1. The Morgan fingerprint density at radius 1 is 1.48 bits per heavy atom. The van der Waals surface area contributed by atoms with Crippen molar-refractivity contribution in [2.75, 3.05) is 16.8 Å². The maximum absolute atomic E-state index is 11.5. The molecule has 0 radical (unpaired) electrons. The van der Waals surface area contributed by atoms with Crippen molar-refractivity contribution in [3.63, 3.8) is 0 Å². The molecule has 112 valence electrons. The molecule has 1 unspecified atom stereocenters. The van der Waals surface area contributed by atoms with E-state index < -0.39 is 15.8 Å². The third kappa shape index (κ3) is 2.58. The summed E-state index contributed by atoms with van der Waals surface area (Å²) in [6, 6.07) is -0.194. The molecule has 0 amide bonds.